The molecule has 0 fully saturated rings. The van der Waals surface area contributed by atoms with Crippen molar-refractivity contribution in [2.75, 3.05) is 11.9 Å². The van der Waals surface area contributed by atoms with Gasteiger partial charge in [0, 0.05) is 22.7 Å². The Bertz CT molecular complexity index is 1350. The second-order valence-electron chi connectivity index (χ2n) is 8.91. The zero-order valence-corrected chi connectivity index (χ0v) is 19.5. The van der Waals surface area contributed by atoms with Crippen molar-refractivity contribution in [1.29, 1.82) is 0 Å². The third kappa shape index (κ3) is 4.86. The smallest absolute Gasteiger partial charge is 0.258 e. The Balaban J connectivity index is 1.45. The number of para-hydroxylation sites is 1. The number of fused-ring (bicyclic) bond motifs is 2. The van der Waals surface area contributed by atoms with E-state index in [0.717, 1.165) is 40.8 Å². The van der Waals surface area contributed by atoms with Crippen LogP contribution in [0, 0.1) is 0 Å². The van der Waals surface area contributed by atoms with Crippen LogP contribution in [0.4, 0.5) is 11.5 Å². The maximum atomic E-state index is 11.9. The highest BCUT2D eigenvalue weighted by molar-refractivity contribution is 5.92. The van der Waals surface area contributed by atoms with Gasteiger partial charge in [-0.3, -0.25) is 4.79 Å². The van der Waals surface area contributed by atoms with E-state index in [1.54, 1.807) is 0 Å². The lowest BCUT2D eigenvalue weighted by atomic mass is 10.1. The van der Waals surface area contributed by atoms with E-state index in [0.29, 0.717) is 11.6 Å². The number of benzene rings is 3. The third-order valence-corrected chi connectivity index (χ3v) is 5.88. The number of rotatable bonds is 7. The molecule has 5 rings (SSSR count). The highest BCUT2D eigenvalue weighted by Gasteiger charge is 2.14. The largest absolute Gasteiger partial charge is 0.484 e. The van der Waals surface area contributed by atoms with Crippen LogP contribution in [0.25, 0.3) is 22.3 Å². The van der Waals surface area contributed by atoms with Gasteiger partial charge in [-0.25, -0.2) is 9.97 Å². The highest BCUT2D eigenvalue weighted by Crippen LogP contribution is 2.31. The summed E-state index contributed by atoms with van der Waals surface area (Å²) in [5, 5.41) is 7.32. The molecule has 0 spiro atoms. The number of amides is 1. The molecule has 0 saturated heterocycles. The van der Waals surface area contributed by atoms with Crippen LogP contribution < -0.4 is 15.4 Å². The summed E-state index contributed by atoms with van der Waals surface area (Å²) < 4.78 is 5.70. The summed E-state index contributed by atoms with van der Waals surface area (Å²) in [6, 6.07) is 22.2. The maximum Gasteiger partial charge on any atom is 0.258 e. The summed E-state index contributed by atoms with van der Waals surface area (Å²) in [5.74, 6) is 1.81. The fourth-order valence-electron chi connectivity index (χ4n) is 4.32. The Morgan fingerprint density at radius 3 is 2.71 bits per heavy atom. The van der Waals surface area contributed by atoms with Gasteiger partial charge in [-0.15, -0.1) is 0 Å². The Hall–Kier alpha value is -3.93. The zero-order valence-electron chi connectivity index (χ0n) is 19.5. The lowest BCUT2D eigenvalue weighted by Crippen LogP contribution is -2.34. The van der Waals surface area contributed by atoms with Crippen LogP contribution in [-0.2, 0) is 17.6 Å². The molecule has 172 valence electrons. The molecule has 0 saturated carbocycles. The first kappa shape index (κ1) is 21.9. The van der Waals surface area contributed by atoms with Crippen LogP contribution >= 0.6 is 0 Å². The summed E-state index contributed by atoms with van der Waals surface area (Å²) in [6.45, 7) is 3.80. The molecule has 0 unspecified atom stereocenters. The third-order valence-electron chi connectivity index (χ3n) is 5.88. The molecule has 6 heteroatoms. The molecule has 34 heavy (non-hydrogen) atoms. The molecular formula is C28H28N4O2. The van der Waals surface area contributed by atoms with Gasteiger partial charge in [0.05, 0.1) is 5.52 Å². The predicted octanol–water partition coefficient (Wildman–Crippen LogP) is 5.43. The average Bonchev–Trinajstić information content (AvgIpc) is 3.30. The van der Waals surface area contributed by atoms with Crippen LogP contribution in [-0.4, -0.2) is 28.5 Å². The topological polar surface area (TPSA) is 76.1 Å². The molecule has 1 heterocycles. The summed E-state index contributed by atoms with van der Waals surface area (Å²) in [4.78, 5) is 21.6. The predicted molar refractivity (Wildman–Crippen MR) is 135 cm³/mol. The summed E-state index contributed by atoms with van der Waals surface area (Å²) in [6.07, 6.45) is 3.51. The van der Waals surface area contributed by atoms with Crippen LogP contribution in [0.1, 0.15) is 31.4 Å². The Morgan fingerprint density at radius 2 is 1.82 bits per heavy atom. The van der Waals surface area contributed by atoms with E-state index in [1.807, 2.05) is 62.4 Å². The lowest BCUT2D eigenvalue weighted by Gasteiger charge is -2.13. The minimum atomic E-state index is -0.150. The van der Waals surface area contributed by atoms with E-state index in [4.69, 9.17) is 14.7 Å². The van der Waals surface area contributed by atoms with Crippen LogP contribution in [0.3, 0.4) is 0 Å². The van der Waals surface area contributed by atoms with Crippen molar-refractivity contribution >= 4 is 28.3 Å². The number of nitrogens with zero attached hydrogens (tertiary/aromatic N) is 2. The fourth-order valence-corrected chi connectivity index (χ4v) is 4.32. The Labute approximate surface area is 199 Å². The van der Waals surface area contributed by atoms with Gasteiger partial charge in [0.2, 0.25) is 0 Å². The van der Waals surface area contributed by atoms with Crippen molar-refractivity contribution in [2.24, 2.45) is 0 Å². The van der Waals surface area contributed by atoms with E-state index in [-0.39, 0.29) is 18.6 Å². The molecule has 0 atom stereocenters. The van der Waals surface area contributed by atoms with E-state index in [2.05, 4.69) is 28.8 Å². The van der Waals surface area contributed by atoms with E-state index in [1.165, 1.54) is 17.5 Å². The van der Waals surface area contributed by atoms with E-state index < -0.39 is 0 Å². The minimum absolute atomic E-state index is 0.0364. The molecule has 1 amide bonds. The van der Waals surface area contributed by atoms with Gasteiger partial charge in [0.15, 0.2) is 12.4 Å². The normalized spacial score (nSPS) is 12.6. The number of ether oxygens (including phenoxy) is 1. The number of aryl methyl sites for hydroxylation is 2. The quantitative estimate of drug-likeness (QED) is 0.391. The van der Waals surface area contributed by atoms with Gasteiger partial charge in [-0.1, -0.05) is 30.3 Å². The van der Waals surface area contributed by atoms with Gasteiger partial charge in [-0.2, -0.15) is 0 Å². The summed E-state index contributed by atoms with van der Waals surface area (Å²) in [7, 11) is 0. The standard InChI is InChI=1S/C28H28N4O2/c1-18(2)29-26(33)17-34-23-10-6-9-21(16-23)27-31-25-12-4-3-11-24(25)28(32-27)30-22-14-13-19-7-5-8-20(19)15-22/h3-4,6,9-16,18H,5,7-8,17H2,1-2H3,(H,29,33)(H,30,31,32). The molecule has 0 radical (unpaired) electrons. The lowest BCUT2D eigenvalue weighted by molar-refractivity contribution is -0.123. The van der Waals surface area contributed by atoms with Crippen molar-refractivity contribution in [1.82, 2.24) is 15.3 Å². The van der Waals surface area contributed by atoms with Crippen molar-refractivity contribution < 1.29 is 9.53 Å². The van der Waals surface area contributed by atoms with Gasteiger partial charge in [-0.05, 0) is 80.6 Å². The van der Waals surface area contributed by atoms with Crippen molar-refractivity contribution in [3.05, 3.63) is 77.9 Å². The monoisotopic (exact) mass is 452 g/mol. The van der Waals surface area contributed by atoms with Crippen LogP contribution in [0.15, 0.2) is 66.7 Å². The molecule has 2 N–H and O–H groups in total. The second kappa shape index (κ2) is 9.51. The number of hydrogen-bond acceptors (Lipinski definition) is 5. The van der Waals surface area contributed by atoms with E-state index >= 15 is 0 Å². The first-order valence-corrected chi connectivity index (χ1v) is 11.7. The first-order valence-electron chi connectivity index (χ1n) is 11.7. The number of hydrogen-bond donors (Lipinski definition) is 2. The number of nitrogens with one attached hydrogen (secondary N) is 2. The van der Waals surface area contributed by atoms with Gasteiger partial charge < -0.3 is 15.4 Å². The molecule has 6 nitrogen and oxygen atoms in total. The maximum absolute atomic E-state index is 11.9. The number of carbonyl (C=O) groups is 1. The van der Waals surface area contributed by atoms with Crippen molar-refractivity contribution in [3.8, 4) is 17.1 Å². The number of anilines is 2. The van der Waals surface area contributed by atoms with E-state index in [9.17, 15) is 4.79 Å². The minimum Gasteiger partial charge on any atom is -0.484 e. The van der Waals surface area contributed by atoms with Gasteiger partial charge >= 0.3 is 0 Å². The van der Waals surface area contributed by atoms with Crippen molar-refractivity contribution in [2.45, 2.75) is 39.2 Å². The van der Waals surface area contributed by atoms with Crippen molar-refractivity contribution in [3.63, 3.8) is 0 Å². The van der Waals surface area contributed by atoms with Crippen LogP contribution in [0.2, 0.25) is 0 Å². The molecule has 0 aliphatic heterocycles. The fraction of sp³-hybridized carbons (Fsp3) is 0.250. The van der Waals surface area contributed by atoms with Gasteiger partial charge in [0.1, 0.15) is 11.6 Å². The molecule has 0 bridgehead atoms. The SMILES string of the molecule is CC(C)NC(=O)COc1cccc(-c2nc(Nc3ccc4c(c3)CCC4)c3ccccc3n2)c1. The zero-order chi connectivity index (χ0) is 23.5. The second-order valence-corrected chi connectivity index (χ2v) is 8.91. The first-order chi connectivity index (χ1) is 16.5. The molecule has 1 aromatic heterocycles. The number of carbonyl (C=O) groups excluding carboxylic acids is 1. The Kier molecular flexibility index (Phi) is 6.12. The van der Waals surface area contributed by atoms with Gasteiger partial charge in [0.25, 0.3) is 5.91 Å². The molecule has 3 aromatic carbocycles. The molecular weight excluding hydrogens is 424 g/mol. The average molecular weight is 453 g/mol. The molecule has 1 aliphatic carbocycles. The number of aromatic nitrogens is 2. The summed E-state index contributed by atoms with van der Waals surface area (Å²) >= 11 is 0. The summed E-state index contributed by atoms with van der Waals surface area (Å²) in [5.41, 5.74) is 5.57. The van der Waals surface area contributed by atoms with Crippen LogP contribution in [0.5, 0.6) is 5.75 Å². The highest BCUT2D eigenvalue weighted by atomic mass is 16.5. The molecule has 1 aliphatic rings. The Morgan fingerprint density at radius 1 is 0.971 bits per heavy atom. The molecule has 4 aromatic rings.